The van der Waals surface area contributed by atoms with Crippen molar-refractivity contribution in [1.82, 2.24) is 9.97 Å². The first-order valence-corrected chi connectivity index (χ1v) is 6.62. The highest BCUT2D eigenvalue weighted by Gasteiger charge is 2.04. The first kappa shape index (κ1) is 12.0. The Kier molecular flexibility index (Phi) is 3.13. The second-order valence-corrected chi connectivity index (χ2v) is 5.15. The van der Waals surface area contributed by atoms with Crippen molar-refractivity contribution in [2.75, 3.05) is 5.73 Å². The third-order valence-corrected chi connectivity index (χ3v) is 3.24. The maximum Gasteiger partial charge on any atom is 0.294 e. The molecule has 0 amide bonds. The number of benzene rings is 2. The topological polar surface area (TPSA) is 63.9 Å². The summed E-state index contributed by atoms with van der Waals surface area (Å²) < 4.78 is 6.68. The lowest BCUT2D eigenvalue weighted by Gasteiger charge is -2.02. The highest BCUT2D eigenvalue weighted by atomic mass is 79.9. The predicted molar refractivity (Wildman–Crippen MR) is 79.0 cm³/mol. The number of ether oxygens (including phenoxy) is 1. The van der Waals surface area contributed by atoms with Crippen molar-refractivity contribution >= 4 is 32.7 Å². The second-order valence-electron chi connectivity index (χ2n) is 4.24. The van der Waals surface area contributed by atoms with Crippen LogP contribution in [0, 0.1) is 0 Å². The molecule has 2 aromatic carbocycles. The Labute approximate surface area is 118 Å². The summed E-state index contributed by atoms with van der Waals surface area (Å²) in [5.74, 6) is 0. The van der Waals surface area contributed by atoms with E-state index in [1.54, 1.807) is 0 Å². The number of aromatic amines is 1. The van der Waals surface area contributed by atoms with E-state index in [-0.39, 0.29) is 0 Å². The van der Waals surface area contributed by atoms with E-state index in [9.17, 15) is 0 Å². The molecule has 0 bridgehead atoms. The average molecular weight is 318 g/mol. The van der Waals surface area contributed by atoms with Gasteiger partial charge >= 0.3 is 0 Å². The Morgan fingerprint density at radius 3 is 2.95 bits per heavy atom. The summed E-state index contributed by atoms with van der Waals surface area (Å²) in [5, 5.41) is 0. The van der Waals surface area contributed by atoms with Crippen molar-refractivity contribution < 1.29 is 4.74 Å². The molecule has 96 valence electrons. The number of imidazole rings is 1. The van der Waals surface area contributed by atoms with E-state index in [0.717, 1.165) is 21.1 Å². The van der Waals surface area contributed by atoms with Crippen molar-refractivity contribution in [3.05, 3.63) is 52.5 Å². The van der Waals surface area contributed by atoms with Crippen LogP contribution in [-0.4, -0.2) is 9.97 Å². The van der Waals surface area contributed by atoms with Crippen LogP contribution in [0.25, 0.3) is 11.0 Å². The standard InChI is InChI=1S/C14H12BrN3O/c15-10-3-1-2-9(6-10)8-19-14-17-12-5-4-11(16)7-13(12)18-14/h1-7H,8,16H2,(H,17,18). The first-order valence-electron chi connectivity index (χ1n) is 5.83. The van der Waals surface area contributed by atoms with Crippen LogP contribution in [0.3, 0.4) is 0 Å². The summed E-state index contributed by atoms with van der Waals surface area (Å²) in [7, 11) is 0. The normalized spacial score (nSPS) is 10.8. The molecule has 3 rings (SSSR count). The number of hydrogen-bond donors (Lipinski definition) is 2. The van der Waals surface area contributed by atoms with E-state index in [1.165, 1.54) is 0 Å². The minimum absolute atomic E-state index is 0.467. The quantitative estimate of drug-likeness (QED) is 0.727. The Balaban J connectivity index is 1.78. The number of nitrogen functional groups attached to an aromatic ring is 1. The molecule has 0 unspecified atom stereocenters. The lowest BCUT2D eigenvalue weighted by Crippen LogP contribution is -1.96. The Bertz CT molecular complexity index is 724. The number of nitrogens with two attached hydrogens (primary N) is 1. The molecule has 0 aliphatic rings. The molecular formula is C14H12BrN3O. The fourth-order valence-corrected chi connectivity index (χ4v) is 2.30. The van der Waals surface area contributed by atoms with Gasteiger partial charge in [0.1, 0.15) is 6.61 Å². The van der Waals surface area contributed by atoms with Crippen molar-refractivity contribution in [2.24, 2.45) is 0 Å². The van der Waals surface area contributed by atoms with E-state index in [1.807, 2.05) is 42.5 Å². The van der Waals surface area contributed by atoms with Crippen LogP contribution in [0.5, 0.6) is 6.01 Å². The van der Waals surface area contributed by atoms with Crippen LogP contribution >= 0.6 is 15.9 Å². The number of hydrogen-bond acceptors (Lipinski definition) is 3. The molecule has 0 spiro atoms. The highest BCUT2D eigenvalue weighted by molar-refractivity contribution is 9.10. The van der Waals surface area contributed by atoms with Gasteiger partial charge in [0.25, 0.3) is 6.01 Å². The van der Waals surface area contributed by atoms with Gasteiger partial charge in [-0.1, -0.05) is 28.1 Å². The molecule has 19 heavy (non-hydrogen) atoms. The number of aromatic nitrogens is 2. The van der Waals surface area contributed by atoms with Crippen molar-refractivity contribution in [3.8, 4) is 6.01 Å². The zero-order valence-electron chi connectivity index (χ0n) is 10.1. The molecule has 0 atom stereocenters. The Morgan fingerprint density at radius 1 is 1.21 bits per heavy atom. The highest BCUT2D eigenvalue weighted by Crippen LogP contribution is 2.19. The first-order chi connectivity index (χ1) is 9.20. The Hall–Kier alpha value is -2.01. The smallest absolute Gasteiger partial charge is 0.294 e. The van der Waals surface area contributed by atoms with E-state index < -0.39 is 0 Å². The largest absolute Gasteiger partial charge is 0.460 e. The minimum atomic E-state index is 0.467. The minimum Gasteiger partial charge on any atom is -0.460 e. The van der Waals surface area contributed by atoms with Crippen LogP contribution in [0.1, 0.15) is 5.56 Å². The van der Waals surface area contributed by atoms with E-state index in [0.29, 0.717) is 18.3 Å². The summed E-state index contributed by atoms with van der Waals surface area (Å²) in [4.78, 5) is 7.44. The van der Waals surface area contributed by atoms with E-state index in [2.05, 4.69) is 25.9 Å². The summed E-state index contributed by atoms with van der Waals surface area (Å²) in [5.41, 5.74) is 9.23. The SMILES string of the molecule is Nc1ccc2nc(OCc3cccc(Br)c3)[nH]c2c1. The third-order valence-electron chi connectivity index (χ3n) is 2.75. The molecule has 3 N–H and O–H groups in total. The second kappa shape index (κ2) is 4.93. The molecule has 0 saturated carbocycles. The van der Waals surface area contributed by atoms with Crippen molar-refractivity contribution in [2.45, 2.75) is 6.61 Å². The Morgan fingerprint density at radius 2 is 2.11 bits per heavy atom. The van der Waals surface area contributed by atoms with Crippen LogP contribution in [0.15, 0.2) is 46.9 Å². The number of halogens is 1. The van der Waals surface area contributed by atoms with Crippen molar-refractivity contribution in [1.29, 1.82) is 0 Å². The van der Waals surface area contributed by atoms with Crippen LogP contribution in [-0.2, 0) is 6.61 Å². The lowest BCUT2D eigenvalue weighted by molar-refractivity contribution is 0.284. The maximum atomic E-state index is 5.72. The molecule has 0 radical (unpaired) electrons. The van der Waals surface area contributed by atoms with Gasteiger partial charge in [-0.3, -0.25) is 0 Å². The van der Waals surface area contributed by atoms with Crippen LogP contribution in [0.2, 0.25) is 0 Å². The lowest BCUT2D eigenvalue weighted by atomic mass is 10.2. The average Bonchev–Trinajstić information content (AvgIpc) is 2.78. The molecule has 0 aliphatic heterocycles. The van der Waals surface area contributed by atoms with Gasteiger partial charge in [-0.2, -0.15) is 4.98 Å². The van der Waals surface area contributed by atoms with Crippen LogP contribution < -0.4 is 10.5 Å². The van der Waals surface area contributed by atoms with Gasteiger partial charge in [0.05, 0.1) is 11.0 Å². The maximum absolute atomic E-state index is 5.72. The fourth-order valence-electron chi connectivity index (χ4n) is 1.85. The zero-order chi connectivity index (χ0) is 13.2. The molecule has 0 saturated heterocycles. The van der Waals surface area contributed by atoms with Gasteiger partial charge in [0.2, 0.25) is 0 Å². The fraction of sp³-hybridized carbons (Fsp3) is 0.0714. The molecule has 1 aromatic heterocycles. The number of nitrogens with zero attached hydrogens (tertiary/aromatic N) is 1. The number of fused-ring (bicyclic) bond motifs is 1. The van der Waals surface area contributed by atoms with Gasteiger partial charge in [-0.05, 0) is 35.9 Å². The number of nitrogens with one attached hydrogen (secondary N) is 1. The molecule has 0 fully saturated rings. The summed E-state index contributed by atoms with van der Waals surface area (Å²) in [6, 6.07) is 14.0. The van der Waals surface area contributed by atoms with Gasteiger partial charge in [0, 0.05) is 10.2 Å². The predicted octanol–water partition coefficient (Wildman–Crippen LogP) is 3.49. The van der Waals surface area contributed by atoms with Gasteiger partial charge in [-0.25, -0.2) is 0 Å². The number of rotatable bonds is 3. The molecule has 5 heteroatoms. The van der Waals surface area contributed by atoms with E-state index in [4.69, 9.17) is 10.5 Å². The van der Waals surface area contributed by atoms with Gasteiger partial charge in [0.15, 0.2) is 0 Å². The van der Waals surface area contributed by atoms with E-state index >= 15 is 0 Å². The molecule has 1 heterocycles. The number of anilines is 1. The molecular weight excluding hydrogens is 306 g/mol. The van der Waals surface area contributed by atoms with Gasteiger partial charge in [-0.15, -0.1) is 0 Å². The van der Waals surface area contributed by atoms with Crippen LogP contribution in [0.4, 0.5) is 5.69 Å². The zero-order valence-corrected chi connectivity index (χ0v) is 11.6. The summed E-state index contributed by atoms with van der Waals surface area (Å²) in [6.07, 6.45) is 0. The molecule has 0 aliphatic carbocycles. The van der Waals surface area contributed by atoms with Gasteiger partial charge < -0.3 is 15.5 Å². The summed E-state index contributed by atoms with van der Waals surface area (Å²) >= 11 is 3.43. The van der Waals surface area contributed by atoms with Crippen molar-refractivity contribution in [3.63, 3.8) is 0 Å². The monoisotopic (exact) mass is 317 g/mol. The number of H-pyrrole nitrogens is 1. The molecule has 3 aromatic rings. The summed E-state index contributed by atoms with van der Waals surface area (Å²) in [6.45, 7) is 0.467. The third kappa shape index (κ3) is 2.71. The molecule has 4 nitrogen and oxygen atoms in total.